The number of para-hydroxylation sites is 1. The van der Waals surface area contributed by atoms with Crippen molar-refractivity contribution >= 4 is 23.2 Å². The van der Waals surface area contributed by atoms with Gasteiger partial charge in [0, 0.05) is 65.4 Å². The van der Waals surface area contributed by atoms with Crippen molar-refractivity contribution in [3.63, 3.8) is 0 Å². The minimum Gasteiger partial charge on any atom is -0.497 e. The van der Waals surface area contributed by atoms with Crippen molar-refractivity contribution < 1.29 is 33.0 Å². The summed E-state index contributed by atoms with van der Waals surface area (Å²) in [5, 5.41) is 6.81. The van der Waals surface area contributed by atoms with Crippen LogP contribution in [0.1, 0.15) is 29.9 Å². The average molecular weight is 742 g/mol. The number of hydrogen-bond donors (Lipinski definition) is 1. The largest absolute Gasteiger partial charge is 0.497 e. The molecule has 2 atom stereocenters. The van der Waals surface area contributed by atoms with Gasteiger partial charge in [0.15, 0.2) is 12.2 Å². The molecule has 2 aliphatic rings. The number of benzene rings is 4. The van der Waals surface area contributed by atoms with Gasteiger partial charge in [-0.15, -0.1) is 0 Å². The van der Waals surface area contributed by atoms with E-state index in [-0.39, 0.29) is 23.7 Å². The van der Waals surface area contributed by atoms with Crippen LogP contribution in [0, 0.1) is 5.92 Å². The molecule has 1 N–H and O–H groups in total. The third-order valence-electron chi connectivity index (χ3n) is 10.2. The molecule has 55 heavy (non-hydrogen) atoms. The van der Waals surface area contributed by atoms with E-state index in [0.717, 1.165) is 75.7 Å². The van der Waals surface area contributed by atoms with E-state index >= 15 is 0 Å². The Morgan fingerprint density at radius 2 is 1.44 bits per heavy atom. The molecule has 0 spiro atoms. The monoisotopic (exact) mass is 741 g/mol. The summed E-state index contributed by atoms with van der Waals surface area (Å²) in [5.74, 6) is 3.54. The number of carbonyl (C=O) groups excluding carboxylic acids is 2. The van der Waals surface area contributed by atoms with Gasteiger partial charge in [0.1, 0.15) is 23.0 Å². The number of nitrogens with one attached hydrogen (secondary N) is 1. The molecule has 2 unspecified atom stereocenters. The molecule has 0 saturated carbocycles. The first-order valence-corrected chi connectivity index (χ1v) is 18.0. The summed E-state index contributed by atoms with van der Waals surface area (Å²) in [7, 11) is 6.52. The third kappa shape index (κ3) is 7.75. The van der Waals surface area contributed by atoms with Crippen LogP contribution in [0.4, 0.5) is 11.4 Å². The summed E-state index contributed by atoms with van der Waals surface area (Å²) in [6, 6.07) is 27.1. The maximum Gasteiger partial charge on any atom is 0.234 e. The molecule has 12 nitrogen and oxygen atoms in total. The Kier molecular flexibility index (Phi) is 11.1. The Morgan fingerprint density at radius 3 is 2.13 bits per heavy atom. The van der Waals surface area contributed by atoms with Crippen molar-refractivity contribution in [2.45, 2.75) is 25.2 Å². The number of rotatable bonds is 11. The van der Waals surface area contributed by atoms with Crippen LogP contribution >= 0.6 is 0 Å². The zero-order chi connectivity index (χ0) is 38.3. The van der Waals surface area contributed by atoms with E-state index in [9.17, 15) is 9.59 Å². The molecule has 2 saturated heterocycles. The zero-order valence-corrected chi connectivity index (χ0v) is 31.2. The van der Waals surface area contributed by atoms with Crippen LogP contribution in [-0.4, -0.2) is 68.5 Å². The van der Waals surface area contributed by atoms with E-state index in [1.807, 2.05) is 96.0 Å². The molecule has 4 aromatic carbocycles. The fraction of sp³-hybridized carbons (Fsp3) is 0.256. The first-order chi connectivity index (χ1) is 26.9. The molecule has 2 aromatic heterocycles. The minimum atomic E-state index is -0.207. The van der Waals surface area contributed by atoms with Crippen molar-refractivity contribution in [2.24, 2.45) is 5.92 Å². The number of methoxy groups -OCH3 is 4. The summed E-state index contributed by atoms with van der Waals surface area (Å²) in [4.78, 5) is 33.7. The van der Waals surface area contributed by atoms with Gasteiger partial charge >= 0.3 is 0 Å². The molecule has 2 aliphatic heterocycles. The number of aromatic amines is 1. The smallest absolute Gasteiger partial charge is 0.234 e. The summed E-state index contributed by atoms with van der Waals surface area (Å²) in [6.07, 6.45) is 8.89. The van der Waals surface area contributed by atoms with Gasteiger partial charge in [-0.05, 0) is 67.3 Å². The first-order valence-electron chi connectivity index (χ1n) is 18.0. The van der Waals surface area contributed by atoms with Crippen LogP contribution in [-0.2, 0) is 16.0 Å². The lowest BCUT2D eigenvalue weighted by Gasteiger charge is -2.19. The molecule has 6 aromatic rings. The fourth-order valence-corrected chi connectivity index (χ4v) is 7.33. The lowest BCUT2D eigenvalue weighted by Crippen LogP contribution is -2.27. The Balaban J connectivity index is 0.000000169. The van der Waals surface area contributed by atoms with Gasteiger partial charge in [0.05, 0.1) is 52.3 Å². The molecular formula is C43H43N5O7. The van der Waals surface area contributed by atoms with Crippen LogP contribution in [0.5, 0.6) is 23.0 Å². The highest BCUT2D eigenvalue weighted by atomic mass is 16.5. The third-order valence-corrected chi connectivity index (χ3v) is 10.2. The molecular weight excluding hydrogens is 699 g/mol. The van der Waals surface area contributed by atoms with Crippen LogP contribution in [0.25, 0.3) is 22.5 Å². The van der Waals surface area contributed by atoms with Gasteiger partial charge in [0.2, 0.25) is 11.8 Å². The number of anilines is 2. The molecule has 282 valence electrons. The normalized spacial score (nSPS) is 16.5. The lowest BCUT2D eigenvalue weighted by atomic mass is 9.97. The highest BCUT2D eigenvalue weighted by Gasteiger charge is 2.36. The van der Waals surface area contributed by atoms with Gasteiger partial charge < -0.3 is 33.2 Å². The SMILES string of the molecule is COc1cc(N2CCC(c3ccccc3OC)C2=O)ccc1-c1cnco1.COc1cccc(CC2CCN(c3ccc(-c4cn[nH]c4)c(OC)c3)C2=O)c1. The molecule has 2 amide bonds. The first kappa shape index (κ1) is 36.8. The predicted octanol–water partition coefficient (Wildman–Crippen LogP) is 7.57. The Morgan fingerprint density at radius 1 is 0.727 bits per heavy atom. The van der Waals surface area contributed by atoms with Crippen LogP contribution < -0.4 is 28.7 Å². The van der Waals surface area contributed by atoms with Crippen molar-refractivity contribution in [1.29, 1.82) is 0 Å². The van der Waals surface area contributed by atoms with Gasteiger partial charge in [-0.25, -0.2) is 4.98 Å². The maximum absolute atomic E-state index is 13.1. The van der Waals surface area contributed by atoms with Crippen molar-refractivity contribution in [3.8, 4) is 45.4 Å². The van der Waals surface area contributed by atoms with E-state index in [0.29, 0.717) is 24.6 Å². The van der Waals surface area contributed by atoms with Gasteiger partial charge in [-0.3, -0.25) is 14.7 Å². The highest BCUT2D eigenvalue weighted by Crippen LogP contribution is 2.40. The van der Waals surface area contributed by atoms with E-state index in [1.165, 1.54) is 6.39 Å². The molecule has 4 heterocycles. The number of amides is 2. The molecule has 12 heteroatoms. The van der Waals surface area contributed by atoms with E-state index in [1.54, 1.807) is 45.7 Å². The van der Waals surface area contributed by atoms with Gasteiger partial charge in [-0.2, -0.15) is 5.10 Å². The minimum absolute atomic E-state index is 0.0216. The lowest BCUT2D eigenvalue weighted by molar-refractivity contribution is -0.120. The number of hydrogen-bond acceptors (Lipinski definition) is 9. The molecule has 8 rings (SSSR count). The van der Waals surface area contributed by atoms with E-state index in [4.69, 9.17) is 23.4 Å². The Hall–Kier alpha value is -6.56. The Bertz CT molecular complexity index is 2240. The standard InChI is InChI=1S/C22H23N3O3.C21H20N2O4/c1-27-19-5-3-4-15(11-19)10-16-8-9-25(22(16)26)18-6-7-20(21(12-18)28-2)17-13-23-24-14-17;1-25-18-6-4-3-5-15(18)16-9-10-23(21(16)24)14-7-8-17(19(11-14)26-2)20-12-22-13-27-20/h3-7,11-14,16H,8-10H2,1-2H3,(H,23,24);3-8,11-13,16H,9-10H2,1-2H3. The average Bonchev–Trinajstić information content (AvgIpc) is 4.08. The van der Waals surface area contributed by atoms with Crippen molar-refractivity contribution in [1.82, 2.24) is 15.2 Å². The molecule has 0 aliphatic carbocycles. The quantitative estimate of drug-likeness (QED) is 0.143. The second-order valence-electron chi connectivity index (χ2n) is 13.2. The van der Waals surface area contributed by atoms with Crippen molar-refractivity contribution in [3.05, 3.63) is 121 Å². The fourth-order valence-electron chi connectivity index (χ4n) is 7.33. The molecule has 0 radical (unpaired) electrons. The zero-order valence-electron chi connectivity index (χ0n) is 31.2. The number of nitrogens with zero attached hydrogens (tertiary/aromatic N) is 4. The number of oxazole rings is 1. The highest BCUT2D eigenvalue weighted by molar-refractivity contribution is 6.01. The van der Waals surface area contributed by atoms with Gasteiger partial charge in [0.25, 0.3) is 0 Å². The predicted molar refractivity (Wildman–Crippen MR) is 209 cm³/mol. The van der Waals surface area contributed by atoms with Crippen molar-refractivity contribution in [2.75, 3.05) is 51.3 Å². The molecule has 0 bridgehead atoms. The van der Waals surface area contributed by atoms with Crippen LogP contribution in [0.2, 0.25) is 0 Å². The number of ether oxygens (including phenoxy) is 4. The second kappa shape index (κ2) is 16.6. The summed E-state index contributed by atoms with van der Waals surface area (Å²) in [6.45, 7) is 1.36. The number of aromatic nitrogens is 3. The van der Waals surface area contributed by atoms with E-state index in [2.05, 4.69) is 15.2 Å². The van der Waals surface area contributed by atoms with E-state index < -0.39 is 0 Å². The maximum atomic E-state index is 13.1. The van der Waals surface area contributed by atoms with Gasteiger partial charge in [-0.1, -0.05) is 30.3 Å². The summed E-state index contributed by atoms with van der Waals surface area (Å²) in [5.41, 5.74) is 6.41. The summed E-state index contributed by atoms with van der Waals surface area (Å²) >= 11 is 0. The van der Waals surface area contributed by atoms with Crippen LogP contribution in [0.3, 0.4) is 0 Å². The molecule has 2 fully saturated rings. The second-order valence-corrected chi connectivity index (χ2v) is 13.2. The number of carbonyl (C=O) groups is 2. The van der Waals surface area contributed by atoms with Crippen LogP contribution in [0.15, 0.2) is 114 Å². The Labute approximate surface area is 319 Å². The number of H-pyrrole nitrogens is 1. The topological polar surface area (TPSA) is 132 Å². The summed E-state index contributed by atoms with van der Waals surface area (Å²) < 4.78 is 27.2.